The average molecular weight is 303 g/mol. The van der Waals surface area contributed by atoms with Gasteiger partial charge in [0.25, 0.3) is 0 Å². The lowest BCUT2D eigenvalue weighted by Crippen LogP contribution is -2.37. The van der Waals surface area contributed by atoms with Crippen LogP contribution in [0.1, 0.15) is 50.8 Å². The Balaban J connectivity index is 2.33. The zero-order valence-corrected chi connectivity index (χ0v) is 13.5. The number of benzene rings is 1. The molecule has 1 unspecified atom stereocenters. The van der Waals surface area contributed by atoms with Gasteiger partial charge in [-0.2, -0.15) is 5.26 Å². The quantitative estimate of drug-likeness (QED) is 0.677. The van der Waals surface area contributed by atoms with E-state index < -0.39 is 0 Å². The molecule has 120 valence electrons. The van der Waals surface area contributed by atoms with E-state index >= 15 is 0 Å². The predicted octanol–water partition coefficient (Wildman–Crippen LogP) is 2.72. The molecule has 0 aliphatic rings. The van der Waals surface area contributed by atoms with Crippen molar-refractivity contribution >= 4 is 6.03 Å². The fourth-order valence-corrected chi connectivity index (χ4v) is 2.03. The molecule has 0 saturated carbocycles. The van der Waals surface area contributed by atoms with Crippen LogP contribution in [0.25, 0.3) is 0 Å². The molecule has 0 aromatic heterocycles. The van der Waals surface area contributed by atoms with E-state index in [1.54, 1.807) is 12.1 Å². The first-order valence-electron chi connectivity index (χ1n) is 7.53. The Morgan fingerprint density at radius 1 is 1.36 bits per heavy atom. The molecule has 5 heteroatoms. The summed E-state index contributed by atoms with van der Waals surface area (Å²) in [5, 5.41) is 23.6. The summed E-state index contributed by atoms with van der Waals surface area (Å²) < 4.78 is 0. The molecule has 0 fully saturated rings. The van der Waals surface area contributed by atoms with Crippen LogP contribution in [0.4, 0.5) is 4.79 Å². The minimum absolute atomic E-state index is 0.103. The van der Waals surface area contributed by atoms with Gasteiger partial charge in [0.05, 0.1) is 17.7 Å². The minimum atomic E-state index is -0.210. The molecule has 5 nitrogen and oxygen atoms in total. The molecule has 2 amide bonds. The monoisotopic (exact) mass is 303 g/mol. The standard InChI is InChI=1S/C17H25N3O2/c1-13(15-7-5-14(11-18)6-8-15)20-16(22)19-10-4-9-17(2,3)12-21/h5-8,13,21H,4,9-10,12H2,1-3H3,(H2,19,20,22). The highest BCUT2D eigenvalue weighted by molar-refractivity contribution is 5.74. The summed E-state index contributed by atoms with van der Waals surface area (Å²) in [6.45, 7) is 6.63. The molecule has 3 N–H and O–H groups in total. The molecule has 0 aliphatic heterocycles. The Bertz CT molecular complexity index is 518. The van der Waals surface area contributed by atoms with Gasteiger partial charge in [0.1, 0.15) is 0 Å². The second kappa shape index (κ2) is 8.40. The van der Waals surface area contributed by atoms with Gasteiger partial charge in [0.2, 0.25) is 0 Å². The van der Waals surface area contributed by atoms with E-state index in [4.69, 9.17) is 10.4 Å². The molecular formula is C17H25N3O2. The molecule has 1 atom stereocenters. The van der Waals surface area contributed by atoms with Gasteiger partial charge in [-0.15, -0.1) is 0 Å². The van der Waals surface area contributed by atoms with Crippen LogP contribution >= 0.6 is 0 Å². The number of rotatable bonds is 7. The number of hydrogen-bond acceptors (Lipinski definition) is 3. The third-order valence-corrected chi connectivity index (χ3v) is 3.63. The zero-order valence-electron chi connectivity index (χ0n) is 13.5. The van der Waals surface area contributed by atoms with Gasteiger partial charge in [0.15, 0.2) is 0 Å². The third-order valence-electron chi connectivity index (χ3n) is 3.63. The molecule has 1 aromatic carbocycles. The van der Waals surface area contributed by atoms with E-state index in [1.165, 1.54) is 0 Å². The summed E-state index contributed by atoms with van der Waals surface area (Å²) in [4.78, 5) is 11.8. The number of aliphatic hydroxyl groups excluding tert-OH is 1. The van der Waals surface area contributed by atoms with Gasteiger partial charge in [-0.1, -0.05) is 26.0 Å². The van der Waals surface area contributed by atoms with E-state index in [0.29, 0.717) is 12.1 Å². The van der Waals surface area contributed by atoms with E-state index in [2.05, 4.69) is 16.7 Å². The van der Waals surface area contributed by atoms with Gasteiger partial charge in [-0.3, -0.25) is 0 Å². The molecule has 0 heterocycles. The maximum Gasteiger partial charge on any atom is 0.315 e. The largest absolute Gasteiger partial charge is 0.396 e. The maximum atomic E-state index is 11.8. The molecular weight excluding hydrogens is 278 g/mol. The molecule has 0 saturated heterocycles. The normalized spacial score (nSPS) is 12.3. The smallest absolute Gasteiger partial charge is 0.315 e. The number of carbonyl (C=O) groups is 1. The lowest BCUT2D eigenvalue weighted by atomic mass is 9.89. The number of nitrogens with zero attached hydrogens (tertiary/aromatic N) is 1. The minimum Gasteiger partial charge on any atom is -0.396 e. The van der Waals surface area contributed by atoms with Crippen LogP contribution in [0.3, 0.4) is 0 Å². The Morgan fingerprint density at radius 3 is 2.55 bits per heavy atom. The van der Waals surface area contributed by atoms with E-state index in [-0.39, 0.29) is 24.1 Å². The van der Waals surface area contributed by atoms with Crippen molar-refractivity contribution < 1.29 is 9.90 Å². The van der Waals surface area contributed by atoms with Crippen LogP contribution in [0.2, 0.25) is 0 Å². The van der Waals surface area contributed by atoms with Crippen molar-refractivity contribution in [1.29, 1.82) is 5.26 Å². The maximum absolute atomic E-state index is 11.8. The molecule has 1 aromatic rings. The lowest BCUT2D eigenvalue weighted by molar-refractivity contribution is 0.148. The Morgan fingerprint density at radius 2 is 2.00 bits per heavy atom. The second-order valence-corrected chi connectivity index (χ2v) is 6.28. The van der Waals surface area contributed by atoms with Crippen LogP contribution in [0, 0.1) is 16.7 Å². The van der Waals surface area contributed by atoms with Crippen molar-refractivity contribution in [3.8, 4) is 6.07 Å². The van der Waals surface area contributed by atoms with Crippen molar-refractivity contribution in [3.05, 3.63) is 35.4 Å². The summed E-state index contributed by atoms with van der Waals surface area (Å²) in [6, 6.07) is 8.89. The van der Waals surface area contributed by atoms with Gasteiger partial charge in [-0.05, 0) is 42.9 Å². The first-order valence-corrected chi connectivity index (χ1v) is 7.53. The summed E-state index contributed by atoms with van der Waals surface area (Å²) in [7, 11) is 0. The Kier molecular flexibility index (Phi) is 6.87. The van der Waals surface area contributed by atoms with E-state index in [1.807, 2.05) is 32.9 Å². The highest BCUT2D eigenvalue weighted by atomic mass is 16.3. The average Bonchev–Trinajstić information content (AvgIpc) is 2.51. The van der Waals surface area contributed by atoms with Crippen LogP contribution in [-0.4, -0.2) is 24.3 Å². The number of nitrogens with one attached hydrogen (secondary N) is 2. The van der Waals surface area contributed by atoms with Crippen LogP contribution in [0.5, 0.6) is 0 Å². The summed E-state index contributed by atoms with van der Waals surface area (Å²) in [6.07, 6.45) is 1.68. The molecule has 22 heavy (non-hydrogen) atoms. The molecule has 0 aliphatic carbocycles. The van der Waals surface area contributed by atoms with Gasteiger partial charge in [0, 0.05) is 13.2 Å². The van der Waals surface area contributed by atoms with Crippen LogP contribution in [-0.2, 0) is 0 Å². The second-order valence-electron chi connectivity index (χ2n) is 6.28. The van der Waals surface area contributed by atoms with E-state index in [0.717, 1.165) is 18.4 Å². The summed E-state index contributed by atoms with van der Waals surface area (Å²) >= 11 is 0. The highest BCUT2D eigenvalue weighted by Gasteiger charge is 2.15. The van der Waals surface area contributed by atoms with Crippen molar-refractivity contribution in [2.75, 3.05) is 13.2 Å². The summed E-state index contributed by atoms with van der Waals surface area (Å²) in [5.41, 5.74) is 1.45. The number of aliphatic hydroxyl groups is 1. The Hall–Kier alpha value is -2.06. The zero-order chi connectivity index (χ0) is 16.6. The molecule has 0 spiro atoms. The van der Waals surface area contributed by atoms with E-state index in [9.17, 15) is 4.79 Å². The first-order chi connectivity index (χ1) is 10.4. The molecule has 0 bridgehead atoms. The molecule has 1 rings (SSSR count). The lowest BCUT2D eigenvalue weighted by Gasteiger charge is -2.21. The van der Waals surface area contributed by atoms with Crippen molar-refractivity contribution in [1.82, 2.24) is 10.6 Å². The molecule has 0 radical (unpaired) electrons. The van der Waals surface area contributed by atoms with Gasteiger partial charge in [-0.25, -0.2) is 4.79 Å². The number of urea groups is 1. The topological polar surface area (TPSA) is 85.2 Å². The highest BCUT2D eigenvalue weighted by Crippen LogP contribution is 2.20. The number of hydrogen-bond donors (Lipinski definition) is 3. The first kappa shape index (κ1) is 18.0. The van der Waals surface area contributed by atoms with Crippen LogP contribution < -0.4 is 10.6 Å². The predicted molar refractivity (Wildman–Crippen MR) is 86.2 cm³/mol. The number of carbonyl (C=O) groups excluding carboxylic acids is 1. The Labute approximate surface area is 132 Å². The van der Waals surface area contributed by atoms with Crippen molar-refractivity contribution in [2.24, 2.45) is 5.41 Å². The SMILES string of the molecule is CC(NC(=O)NCCCC(C)(C)CO)c1ccc(C#N)cc1. The van der Waals surface area contributed by atoms with Crippen LogP contribution in [0.15, 0.2) is 24.3 Å². The van der Waals surface area contributed by atoms with Crippen molar-refractivity contribution in [2.45, 2.75) is 39.7 Å². The summed E-state index contributed by atoms with van der Waals surface area (Å²) in [5.74, 6) is 0. The van der Waals surface area contributed by atoms with Crippen molar-refractivity contribution in [3.63, 3.8) is 0 Å². The fraction of sp³-hybridized carbons (Fsp3) is 0.529. The third kappa shape index (κ3) is 6.15. The van der Waals surface area contributed by atoms with Gasteiger partial charge >= 0.3 is 6.03 Å². The number of amides is 2. The van der Waals surface area contributed by atoms with Gasteiger partial charge < -0.3 is 15.7 Å². The fourth-order valence-electron chi connectivity index (χ4n) is 2.03. The number of nitriles is 1.